The molecule has 3 rings (SSSR count). The largest absolute Gasteiger partial charge is 0.496 e. The van der Waals surface area contributed by atoms with E-state index in [0.717, 1.165) is 23.3 Å². The minimum atomic E-state index is 0.0387. The molecule has 0 bridgehead atoms. The maximum Gasteiger partial charge on any atom is 0.166 e. The van der Waals surface area contributed by atoms with Crippen molar-refractivity contribution in [1.82, 2.24) is 0 Å². The van der Waals surface area contributed by atoms with Crippen LogP contribution in [0.5, 0.6) is 5.75 Å². The lowest BCUT2D eigenvalue weighted by Crippen LogP contribution is -2.41. The summed E-state index contributed by atoms with van der Waals surface area (Å²) in [6.07, 6.45) is 3.41. The van der Waals surface area contributed by atoms with Crippen LogP contribution in [0, 0.1) is 11.8 Å². The molecule has 2 nitrogen and oxygen atoms in total. The van der Waals surface area contributed by atoms with Crippen molar-refractivity contribution in [3.05, 3.63) is 29.3 Å². The Morgan fingerprint density at radius 1 is 1.28 bits per heavy atom. The highest BCUT2D eigenvalue weighted by Gasteiger charge is 2.49. The Bertz CT molecular complexity index is 502. The fourth-order valence-corrected chi connectivity index (χ4v) is 4.09. The summed E-state index contributed by atoms with van der Waals surface area (Å²) in [4.78, 5) is 12.6. The van der Waals surface area contributed by atoms with Gasteiger partial charge in [0.1, 0.15) is 5.75 Å². The molecule has 2 aliphatic carbocycles. The predicted molar refractivity (Wildman–Crippen MR) is 71.2 cm³/mol. The van der Waals surface area contributed by atoms with Crippen LogP contribution >= 0.6 is 0 Å². The second-order valence-corrected chi connectivity index (χ2v) is 6.11. The summed E-state index contributed by atoms with van der Waals surface area (Å²) in [6, 6.07) is 5.88. The van der Waals surface area contributed by atoms with Crippen LogP contribution in [-0.4, -0.2) is 12.9 Å². The number of methoxy groups -OCH3 is 1. The average Bonchev–Trinajstić information content (AvgIpc) is 2.86. The molecule has 0 aliphatic heterocycles. The molecule has 0 aromatic heterocycles. The summed E-state index contributed by atoms with van der Waals surface area (Å²) in [5.74, 6) is 1.93. The first kappa shape index (κ1) is 11.8. The van der Waals surface area contributed by atoms with E-state index in [-0.39, 0.29) is 11.3 Å². The van der Waals surface area contributed by atoms with Crippen molar-refractivity contribution < 1.29 is 9.53 Å². The van der Waals surface area contributed by atoms with Gasteiger partial charge in [-0.2, -0.15) is 0 Å². The van der Waals surface area contributed by atoms with Crippen molar-refractivity contribution in [3.8, 4) is 5.75 Å². The standard InChI is InChI=1S/C16H20O2/c1-16(2)12-8-4-6-10(12)15(17)11-7-5-9-13(18-3)14(11)16/h5,7,9-10,12H,4,6,8H2,1-3H3/t10-,12-/m1/s1. The number of carbonyl (C=O) groups excluding carboxylic acids is 1. The first-order valence-corrected chi connectivity index (χ1v) is 6.79. The minimum Gasteiger partial charge on any atom is -0.496 e. The van der Waals surface area contributed by atoms with Gasteiger partial charge in [-0.3, -0.25) is 4.79 Å². The molecule has 1 aromatic carbocycles. The first-order valence-electron chi connectivity index (χ1n) is 6.79. The van der Waals surface area contributed by atoms with Crippen molar-refractivity contribution in [3.63, 3.8) is 0 Å². The van der Waals surface area contributed by atoms with E-state index >= 15 is 0 Å². The summed E-state index contributed by atoms with van der Waals surface area (Å²) in [6.45, 7) is 4.54. The van der Waals surface area contributed by atoms with Crippen molar-refractivity contribution in [2.75, 3.05) is 7.11 Å². The Morgan fingerprint density at radius 3 is 2.78 bits per heavy atom. The topological polar surface area (TPSA) is 26.3 Å². The van der Waals surface area contributed by atoms with E-state index in [2.05, 4.69) is 13.8 Å². The molecule has 2 aliphatic rings. The Morgan fingerprint density at radius 2 is 2.06 bits per heavy atom. The third-order valence-electron chi connectivity index (χ3n) is 4.94. The number of benzene rings is 1. The first-order chi connectivity index (χ1) is 8.57. The van der Waals surface area contributed by atoms with Crippen LogP contribution in [-0.2, 0) is 5.41 Å². The van der Waals surface area contributed by atoms with Crippen molar-refractivity contribution in [2.24, 2.45) is 11.8 Å². The van der Waals surface area contributed by atoms with Crippen LogP contribution in [0.4, 0.5) is 0 Å². The highest BCUT2D eigenvalue weighted by atomic mass is 16.5. The number of hydrogen-bond donors (Lipinski definition) is 0. The number of rotatable bonds is 1. The summed E-state index contributed by atoms with van der Waals surface area (Å²) >= 11 is 0. The zero-order valence-electron chi connectivity index (χ0n) is 11.3. The molecule has 0 heterocycles. The number of ketones is 1. The quantitative estimate of drug-likeness (QED) is 0.754. The Balaban J connectivity index is 2.25. The molecule has 2 heteroatoms. The van der Waals surface area contributed by atoms with E-state index in [0.29, 0.717) is 11.7 Å². The number of hydrogen-bond acceptors (Lipinski definition) is 2. The van der Waals surface area contributed by atoms with Gasteiger partial charge in [0.25, 0.3) is 0 Å². The molecule has 1 fully saturated rings. The van der Waals surface area contributed by atoms with Gasteiger partial charge in [-0.1, -0.05) is 32.4 Å². The second kappa shape index (κ2) is 3.84. The summed E-state index contributed by atoms with van der Waals surface area (Å²) in [7, 11) is 1.69. The normalized spacial score (nSPS) is 28.7. The molecule has 0 N–H and O–H groups in total. The molecule has 0 spiro atoms. The van der Waals surface area contributed by atoms with Crippen molar-refractivity contribution in [1.29, 1.82) is 0 Å². The second-order valence-electron chi connectivity index (χ2n) is 6.11. The van der Waals surface area contributed by atoms with Crippen LogP contribution < -0.4 is 4.74 Å². The van der Waals surface area contributed by atoms with Gasteiger partial charge in [0.15, 0.2) is 5.78 Å². The molecule has 0 unspecified atom stereocenters. The lowest BCUT2D eigenvalue weighted by atomic mass is 9.61. The van der Waals surface area contributed by atoms with Gasteiger partial charge >= 0.3 is 0 Å². The molecule has 18 heavy (non-hydrogen) atoms. The van der Waals surface area contributed by atoms with Gasteiger partial charge in [-0.05, 0) is 30.2 Å². The van der Waals surface area contributed by atoms with Crippen LogP contribution in [0.3, 0.4) is 0 Å². The highest BCUT2D eigenvalue weighted by molar-refractivity contribution is 6.02. The Labute approximate surface area is 108 Å². The average molecular weight is 244 g/mol. The minimum absolute atomic E-state index is 0.0387. The number of ether oxygens (including phenoxy) is 1. The van der Waals surface area contributed by atoms with E-state index in [1.165, 1.54) is 12.8 Å². The van der Waals surface area contributed by atoms with E-state index in [4.69, 9.17) is 4.74 Å². The van der Waals surface area contributed by atoms with Gasteiger partial charge in [0, 0.05) is 17.0 Å². The fourth-order valence-electron chi connectivity index (χ4n) is 4.09. The van der Waals surface area contributed by atoms with E-state index < -0.39 is 0 Å². The highest BCUT2D eigenvalue weighted by Crippen LogP contribution is 2.53. The number of Topliss-reactive ketones (excluding diaryl/α,β-unsaturated/α-hetero) is 1. The molecule has 0 saturated heterocycles. The van der Waals surface area contributed by atoms with Gasteiger partial charge in [0.2, 0.25) is 0 Å². The summed E-state index contributed by atoms with van der Waals surface area (Å²) < 4.78 is 5.49. The lowest BCUT2D eigenvalue weighted by molar-refractivity contribution is 0.0814. The van der Waals surface area contributed by atoms with Crippen LogP contribution in [0.15, 0.2) is 18.2 Å². The Kier molecular flexibility index (Phi) is 2.51. The van der Waals surface area contributed by atoms with Crippen molar-refractivity contribution in [2.45, 2.75) is 38.5 Å². The molecule has 96 valence electrons. The van der Waals surface area contributed by atoms with Gasteiger partial charge in [-0.15, -0.1) is 0 Å². The summed E-state index contributed by atoms with van der Waals surface area (Å²) in [5.41, 5.74) is 2.06. The maximum absolute atomic E-state index is 12.6. The summed E-state index contributed by atoms with van der Waals surface area (Å²) in [5, 5.41) is 0. The third kappa shape index (κ3) is 1.38. The molecule has 2 atom stereocenters. The zero-order valence-corrected chi connectivity index (χ0v) is 11.3. The van der Waals surface area contributed by atoms with Crippen LogP contribution in [0.2, 0.25) is 0 Å². The van der Waals surface area contributed by atoms with Gasteiger partial charge in [-0.25, -0.2) is 0 Å². The number of carbonyl (C=O) groups is 1. The maximum atomic E-state index is 12.6. The molecule has 1 saturated carbocycles. The zero-order chi connectivity index (χ0) is 12.9. The monoisotopic (exact) mass is 244 g/mol. The van der Waals surface area contributed by atoms with E-state index in [9.17, 15) is 4.79 Å². The Hall–Kier alpha value is -1.31. The molecule has 1 aromatic rings. The van der Waals surface area contributed by atoms with Crippen molar-refractivity contribution >= 4 is 5.78 Å². The van der Waals surface area contributed by atoms with Gasteiger partial charge in [0.05, 0.1) is 7.11 Å². The van der Waals surface area contributed by atoms with Crippen LogP contribution in [0.1, 0.15) is 49.0 Å². The van der Waals surface area contributed by atoms with Gasteiger partial charge < -0.3 is 4.74 Å². The molecule has 0 radical (unpaired) electrons. The molecule has 0 amide bonds. The smallest absolute Gasteiger partial charge is 0.166 e. The predicted octanol–water partition coefficient (Wildman–Crippen LogP) is 3.59. The van der Waals surface area contributed by atoms with Crippen LogP contribution in [0.25, 0.3) is 0 Å². The van der Waals surface area contributed by atoms with E-state index in [1.54, 1.807) is 7.11 Å². The fraction of sp³-hybridized carbons (Fsp3) is 0.562. The SMILES string of the molecule is COc1cccc2c1C(C)(C)[C@@H]1CCC[C@H]1C2=O. The molecular formula is C16H20O2. The third-order valence-corrected chi connectivity index (χ3v) is 4.94. The molecular weight excluding hydrogens is 224 g/mol. The van der Waals surface area contributed by atoms with E-state index in [1.807, 2.05) is 18.2 Å². The number of fused-ring (bicyclic) bond motifs is 2. The lowest BCUT2D eigenvalue weighted by Gasteiger charge is -2.42.